The van der Waals surface area contributed by atoms with Gasteiger partial charge in [-0.2, -0.15) is 0 Å². The molecule has 0 saturated carbocycles. The number of rotatable bonds is 6. The van der Waals surface area contributed by atoms with Gasteiger partial charge in [0, 0.05) is 32.3 Å². The molecule has 606 valence electrons. The lowest BCUT2D eigenvalue weighted by molar-refractivity contribution is 0.669. The van der Waals surface area contributed by atoms with Crippen molar-refractivity contribution in [3.8, 4) is 66.8 Å². The molecule has 0 aliphatic carbocycles. The van der Waals surface area contributed by atoms with Crippen LogP contribution in [0.2, 0.25) is 0 Å². The SMILES string of the molecule is [2H]c1c(-c2c3c([2H])c([2H])c([2H])c([2H])c3c(-c3cc4ccccc4c4ccccc34)c3c([2H])c([2H])c([2H])c([2H])c23)c([2H])c2c(oc3c([2H])c4c([2H])c([2H])c([2H])c([2H])c4c([2H])c32)c1[2H].[2H]c1c(-c2c3c([2H])c([2H])c([2H])c([2H])c3c(-c3ccc4c(ccc5ccccc54)c3)c3c([2H])c([2H])c([2H])c([2H])c23)c([2H])c2c(oc3c([2H])c4c([2H])c([2H])c([2H])c([2H])c4c([2H])c32)c1[2H].[2H]c1c(-c2c3c([2H])c([2H])c([2H])c([2H])c3c(-c3ccc4ccccc4c3)c3c([2H])c([2H])c([2H])c([2H])c23)c([2H])c2c(oc3c([2H])c4c([2H])c([2H])c([2H])c([2H])c4c([2H])c32)c1[2H]. The fourth-order valence-electron chi connectivity index (χ4n) is 18.2. The lowest BCUT2D eigenvalue weighted by atomic mass is 9.83. The van der Waals surface area contributed by atoms with Gasteiger partial charge in [-0.05, 0) is 308 Å². The molecule has 0 amide bonds. The van der Waals surface area contributed by atoms with Gasteiger partial charge in [0.1, 0.15) is 33.5 Å². The monoisotopic (exact) mass is 1710 g/mol. The van der Waals surface area contributed by atoms with Crippen LogP contribution in [0.15, 0.2) is 473 Å². The normalized spacial score (nSPS) is 17.4. The van der Waals surface area contributed by atoms with E-state index in [9.17, 15) is 32.9 Å². The summed E-state index contributed by atoms with van der Waals surface area (Å²) in [7, 11) is 0. The Hall–Kier alpha value is -17.2. The van der Waals surface area contributed by atoms with Gasteiger partial charge >= 0.3 is 0 Å². The van der Waals surface area contributed by atoms with Crippen molar-refractivity contribution in [1.82, 2.24) is 0 Å². The summed E-state index contributed by atoms with van der Waals surface area (Å²) >= 11 is 0. The van der Waals surface area contributed by atoms with E-state index in [1.54, 1.807) is 54.6 Å². The van der Waals surface area contributed by atoms with Crippen LogP contribution in [0.1, 0.15) is 69.9 Å². The van der Waals surface area contributed by atoms with E-state index >= 15 is 0 Å². The number of hydrogen-bond donors (Lipinski definition) is 0. The second-order valence-corrected chi connectivity index (χ2v) is 31.0. The van der Waals surface area contributed by atoms with Crippen LogP contribution in [0.3, 0.4) is 0 Å². The van der Waals surface area contributed by atoms with Crippen LogP contribution < -0.4 is 0 Å². The minimum atomic E-state index is -0.736. The molecule has 0 radical (unpaired) electrons. The molecular weight excluding hydrogens is 1590 g/mol. The van der Waals surface area contributed by atoms with Gasteiger partial charge in [-0.25, -0.2) is 0 Å². The first-order valence-electron chi connectivity index (χ1n) is 66.5. The highest BCUT2D eigenvalue weighted by Crippen LogP contribution is 2.52. The van der Waals surface area contributed by atoms with E-state index in [-0.39, 0.29) is 163 Å². The summed E-state index contributed by atoms with van der Waals surface area (Å²) in [5.41, 5.74) is -3.91. The summed E-state index contributed by atoms with van der Waals surface area (Å²) < 4.78 is 477. The van der Waals surface area contributed by atoms with Gasteiger partial charge in [0.15, 0.2) is 0 Å². The molecule has 0 spiro atoms. The molecular formula is C128H76O3. The summed E-state index contributed by atoms with van der Waals surface area (Å²) in [6.07, 6.45) is 0. The molecule has 0 fully saturated rings. The van der Waals surface area contributed by atoms with Crippen LogP contribution in [0.4, 0.5) is 0 Å². The molecule has 0 aliphatic rings. The molecule has 0 atom stereocenters. The van der Waals surface area contributed by atoms with Crippen LogP contribution >= 0.6 is 0 Å². The maximum atomic E-state index is 9.82. The van der Waals surface area contributed by atoms with Crippen molar-refractivity contribution in [3.63, 3.8) is 0 Å². The smallest absolute Gasteiger partial charge is 0.136 e. The Kier molecular flexibility index (Phi) is 9.01. The van der Waals surface area contributed by atoms with Crippen molar-refractivity contribution in [2.75, 3.05) is 0 Å². The van der Waals surface area contributed by atoms with Gasteiger partial charge < -0.3 is 13.3 Å². The molecule has 0 aliphatic heterocycles. The fourth-order valence-corrected chi connectivity index (χ4v) is 18.2. The molecule has 0 bridgehead atoms. The Morgan fingerprint density at radius 2 is 0.397 bits per heavy atom. The van der Waals surface area contributed by atoms with Gasteiger partial charge in [0.05, 0.1) is 69.9 Å². The first-order chi connectivity index (χ1) is 86.2. The quantitative estimate of drug-likeness (QED) is 0.123. The van der Waals surface area contributed by atoms with E-state index in [0.29, 0.717) is 22.1 Å². The van der Waals surface area contributed by atoms with E-state index in [1.807, 2.05) is 97.1 Å². The highest BCUT2D eigenvalue weighted by atomic mass is 16.3. The van der Waals surface area contributed by atoms with Crippen LogP contribution in [-0.4, -0.2) is 0 Å². The molecule has 0 saturated heterocycles. The minimum Gasteiger partial charge on any atom is -0.456 e. The summed E-state index contributed by atoms with van der Waals surface area (Å²) in [5.74, 6) is 0. The van der Waals surface area contributed by atoms with E-state index < -0.39 is 358 Å². The first-order valence-corrected chi connectivity index (χ1v) is 41.0. The van der Waals surface area contributed by atoms with Crippen LogP contribution in [-0.2, 0) is 0 Å². The molecule has 0 unspecified atom stereocenters. The van der Waals surface area contributed by atoms with Crippen molar-refractivity contribution < 1.29 is 83.2 Å². The molecule has 0 N–H and O–H groups in total. The predicted molar refractivity (Wildman–Crippen MR) is 559 cm³/mol. The Morgan fingerprint density at radius 3 is 0.794 bits per heavy atom. The highest BCUT2D eigenvalue weighted by molar-refractivity contribution is 6.29. The molecule has 29 rings (SSSR count). The van der Waals surface area contributed by atoms with Crippen molar-refractivity contribution in [2.45, 2.75) is 0 Å². The zero-order valence-corrected chi connectivity index (χ0v) is 67.2. The molecule has 131 heavy (non-hydrogen) atoms. The van der Waals surface area contributed by atoms with Gasteiger partial charge in [0.25, 0.3) is 0 Å². The average Bonchev–Trinajstić information content (AvgIpc) is 1.05. The standard InChI is InChI=1S/2C44H26O.C40H24O/c1-2-11-29-26-42-40(24-28(29)10-1)39-25-32(20-22-41(39)45-42)44-37-15-7-5-13-35(37)43(36-14-6-8-16-38(36)44)31-19-21-34-30(23-31)18-17-27-9-3-4-12-33(27)34;1-2-12-28-26-42-39(23-27(28)11-1)38-25-30(21-22-41(38)45-42)43-34-17-7-9-19-36(34)44(37-20-10-8-18-35(37)43)40-24-29-13-3-4-14-31(29)32-15-5-6-16-33(32)40;1-2-10-26-21-29(18-17-25(26)9-1)39-31-13-5-7-15-33(31)40(34-16-8-6-14-32(34)39)30-19-20-37-35(23-30)36-22-27-11-3-4-12-28(27)24-38(36)41-37/h2*1-26H;1-24H/i1D,2D,5D,6D,7D,8D,10D,11D,13D,14D,15D,16D,20D,22D,24D,25D,26D;1D,2D,7D,8D,9D,10D,11D,12D,17D,18D,19D,20D,21D,22D,23D,25D,26D;3D,4D,5D,6D,7D,8D,11D,12D,13D,14D,15D,16D,19D,20D,22D,23D,24D. The Balaban J connectivity index is 0.000000127. The van der Waals surface area contributed by atoms with E-state index in [2.05, 4.69) is 0 Å². The number of hydrogen-bond acceptors (Lipinski definition) is 3. The maximum Gasteiger partial charge on any atom is 0.136 e. The summed E-state index contributed by atoms with van der Waals surface area (Å²) in [6, 6.07) is 12.9. The lowest BCUT2D eigenvalue weighted by Gasteiger charge is -2.19. The number of furan rings is 3. The molecule has 29 aromatic rings. The van der Waals surface area contributed by atoms with Gasteiger partial charge in [-0.3, -0.25) is 0 Å². The van der Waals surface area contributed by atoms with Crippen molar-refractivity contribution in [3.05, 3.63) is 460 Å². The minimum absolute atomic E-state index is 0.0414. The summed E-state index contributed by atoms with van der Waals surface area (Å²) in [4.78, 5) is 0. The third-order valence-electron chi connectivity index (χ3n) is 23.9. The van der Waals surface area contributed by atoms with Gasteiger partial charge in [0.2, 0.25) is 0 Å². The zero-order chi connectivity index (χ0) is 130. The lowest BCUT2D eigenvalue weighted by Crippen LogP contribution is -1.92. The highest BCUT2D eigenvalue weighted by Gasteiger charge is 2.25. The van der Waals surface area contributed by atoms with Crippen molar-refractivity contribution in [1.29, 1.82) is 0 Å². The van der Waals surface area contributed by atoms with Crippen molar-refractivity contribution in [2.24, 2.45) is 0 Å². The molecule has 3 aromatic heterocycles. The summed E-state index contributed by atoms with van der Waals surface area (Å²) in [5, 5.41) is 1.20. The Labute approximate surface area is 824 Å². The molecule has 3 heterocycles. The third kappa shape index (κ3) is 12.0. The Morgan fingerprint density at radius 1 is 0.137 bits per heavy atom. The van der Waals surface area contributed by atoms with Crippen molar-refractivity contribution >= 4 is 217 Å². The first kappa shape index (κ1) is 39.7. The van der Waals surface area contributed by atoms with Gasteiger partial charge in [-0.1, -0.05) is 369 Å². The van der Waals surface area contributed by atoms with E-state index in [4.69, 9.17) is 50.3 Å². The maximum absolute atomic E-state index is 9.82. The second kappa shape index (κ2) is 29.7. The number of benzene rings is 26. The van der Waals surface area contributed by atoms with Crippen LogP contribution in [0.25, 0.3) is 283 Å². The largest absolute Gasteiger partial charge is 0.456 e. The van der Waals surface area contributed by atoms with E-state index in [0.717, 1.165) is 48.5 Å². The topological polar surface area (TPSA) is 39.4 Å². The van der Waals surface area contributed by atoms with Gasteiger partial charge in [-0.15, -0.1) is 0 Å². The average molecular weight is 1710 g/mol. The number of fused-ring (bicyclic) bond motifs is 25. The van der Waals surface area contributed by atoms with E-state index in [1.165, 1.54) is 0 Å². The Bertz CT molecular complexity index is 13000. The van der Waals surface area contributed by atoms with Crippen LogP contribution in [0.5, 0.6) is 0 Å². The second-order valence-electron chi connectivity index (χ2n) is 31.0. The van der Waals surface area contributed by atoms with Crippen LogP contribution in [0, 0.1) is 0 Å². The molecule has 26 aromatic carbocycles. The zero-order valence-electron chi connectivity index (χ0n) is 118. The molecule has 3 heteroatoms. The predicted octanol–water partition coefficient (Wildman–Crippen LogP) is 36.9. The fraction of sp³-hybridized carbons (Fsp3) is 0. The summed E-state index contributed by atoms with van der Waals surface area (Å²) in [6.45, 7) is 0. The third-order valence-corrected chi connectivity index (χ3v) is 23.9. The molecule has 3 nitrogen and oxygen atoms in total.